The first-order valence-electron chi connectivity index (χ1n) is 10.8. The van der Waals surface area contributed by atoms with E-state index >= 15 is 0 Å². The predicted molar refractivity (Wildman–Crippen MR) is 120 cm³/mol. The van der Waals surface area contributed by atoms with E-state index in [2.05, 4.69) is 35.4 Å². The van der Waals surface area contributed by atoms with Crippen molar-refractivity contribution in [2.24, 2.45) is 5.92 Å². The topological polar surface area (TPSA) is 59.8 Å². The van der Waals surface area contributed by atoms with Crippen molar-refractivity contribution in [3.05, 3.63) is 41.7 Å². The van der Waals surface area contributed by atoms with Crippen LogP contribution in [0.1, 0.15) is 52.9 Å². The number of nitrogens with zero attached hydrogens (tertiary/aromatic N) is 3. The molecule has 1 amide bonds. The number of amides is 1. The van der Waals surface area contributed by atoms with Crippen molar-refractivity contribution in [2.75, 3.05) is 6.54 Å². The molecule has 0 saturated heterocycles. The molecule has 0 aliphatic heterocycles. The molecule has 5 nitrogen and oxygen atoms in total. The number of allylic oxidation sites excluding steroid dienone is 1. The third-order valence-corrected chi connectivity index (χ3v) is 6.24. The number of hydrogen-bond acceptors (Lipinski definition) is 4. The number of hydrogen-bond donors (Lipinski definition) is 1. The molecule has 0 radical (unpaired) electrons. The van der Waals surface area contributed by atoms with Crippen LogP contribution in [0.5, 0.6) is 0 Å². The lowest BCUT2D eigenvalue weighted by molar-refractivity contribution is -0.120. The molecule has 162 valence electrons. The molecule has 0 bridgehead atoms. The summed E-state index contributed by atoms with van der Waals surface area (Å²) in [7, 11) is 0. The maximum atomic E-state index is 14.3. The average Bonchev–Trinajstić information content (AvgIpc) is 3.10. The summed E-state index contributed by atoms with van der Waals surface area (Å²) in [5.41, 5.74) is 1.88. The highest BCUT2D eigenvalue weighted by molar-refractivity contribution is 8.00. The van der Waals surface area contributed by atoms with Gasteiger partial charge in [-0.3, -0.25) is 4.79 Å². The Hall–Kier alpha value is -2.15. The van der Waals surface area contributed by atoms with Gasteiger partial charge in [0.05, 0.1) is 10.8 Å². The number of carbonyl (C=O) groups excluding carboxylic acids is 1. The standard InChI is InChI=1S/C23H31FN4OS/c1-16(2)15-28-21(19-11-7-8-12-20(19)24)26-27-23(28)30-17(3)22(29)25-14-13-18-9-5-4-6-10-18/h7-9,11-12,16-17H,4-6,10,13-15H2,1-3H3,(H,25,29). The van der Waals surface area contributed by atoms with Crippen molar-refractivity contribution < 1.29 is 9.18 Å². The number of benzene rings is 1. The Bertz CT molecular complexity index is 893. The molecule has 1 aromatic heterocycles. The van der Waals surface area contributed by atoms with Crippen molar-refractivity contribution in [3.8, 4) is 11.4 Å². The van der Waals surface area contributed by atoms with Crippen molar-refractivity contribution in [1.82, 2.24) is 20.1 Å². The lowest BCUT2D eigenvalue weighted by Crippen LogP contribution is -2.32. The summed E-state index contributed by atoms with van der Waals surface area (Å²) in [6.07, 6.45) is 8.07. The number of halogens is 1. The van der Waals surface area contributed by atoms with E-state index in [9.17, 15) is 9.18 Å². The second-order valence-electron chi connectivity index (χ2n) is 8.20. The second kappa shape index (κ2) is 10.8. The number of aromatic nitrogens is 3. The fourth-order valence-corrected chi connectivity index (χ4v) is 4.46. The number of thioether (sulfide) groups is 1. The number of nitrogens with one attached hydrogen (secondary N) is 1. The Balaban J connectivity index is 1.66. The first-order valence-corrected chi connectivity index (χ1v) is 11.6. The Kier molecular flexibility index (Phi) is 8.08. The largest absolute Gasteiger partial charge is 0.355 e. The van der Waals surface area contributed by atoms with Gasteiger partial charge in [0.25, 0.3) is 0 Å². The van der Waals surface area contributed by atoms with Crippen LogP contribution in [0.3, 0.4) is 0 Å². The highest BCUT2D eigenvalue weighted by Gasteiger charge is 2.22. The van der Waals surface area contributed by atoms with Gasteiger partial charge in [-0.15, -0.1) is 10.2 Å². The summed E-state index contributed by atoms with van der Waals surface area (Å²) in [4.78, 5) is 12.6. The molecule has 1 aliphatic rings. The lowest BCUT2D eigenvalue weighted by Gasteiger charge is -2.16. The van der Waals surface area contributed by atoms with Crippen LogP contribution in [-0.2, 0) is 11.3 Å². The van der Waals surface area contributed by atoms with Crippen LogP contribution in [0.15, 0.2) is 41.1 Å². The molecule has 1 atom stereocenters. The van der Waals surface area contributed by atoms with Crippen LogP contribution < -0.4 is 5.32 Å². The fraction of sp³-hybridized carbons (Fsp3) is 0.522. The SMILES string of the molecule is CC(C)Cn1c(SC(C)C(=O)NCCC2=CCCCC2)nnc1-c1ccccc1F. The van der Waals surface area contributed by atoms with Gasteiger partial charge in [-0.2, -0.15) is 0 Å². The smallest absolute Gasteiger partial charge is 0.233 e. The van der Waals surface area contributed by atoms with E-state index in [4.69, 9.17) is 0 Å². The maximum Gasteiger partial charge on any atom is 0.233 e. The molecule has 2 aromatic rings. The minimum absolute atomic E-state index is 0.0112. The minimum Gasteiger partial charge on any atom is -0.355 e. The van der Waals surface area contributed by atoms with E-state index < -0.39 is 0 Å². The van der Waals surface area contributed by atoms with E-state index in [1.54, 1.807) is 18.2 Å². The molecule has 1 unspecified atom stereocenters. The summed E-state index contributed by atoms with van der Waals surface area (Å²) < 4.78 is 16.3. The molecule has 30 heavy (non-hydrogen) atoms. The zero-order valence-electron chi connectivity index (χ0n) is 18.0. The Morgan fingerprint density at radius 2 is 2.03 bits per heavy atom. The summed E-state index contributed by atoms with van der Waals surface area (Å²) in [6.45, 7) is 7.37. The molecule has 1 aliphatic carbocycles. The van der Waals surface area contributed by atoms with Crippen LogP contribution >= 0.6 is 11.8 Å². The van der Waals surface area contributed by atoms with Crippen molar-refractivity contribution in [2.45, 2.75) is 69.8 Å². The molecule has 3 rings (SSSR count). The molecule has 1 heterocycles. The molecule has 0 fully saturated rings. The molecule has 1 N–H and O–H groups in total. The maximum absolute atomic E-state index is 14.3. The normalized spacial score (nSPS) is 15.2. The summed E-state index contributed by atoms with van der Waals surface area (Å²) in [6, 6.07) is 6.58. The van der Waals surface area contributed by atoms with E-state index in [-0.39, 0.29) is 17.0 Å². The zero-order chi connectivity index (χ0) is 21.5. The van der Waals surface area contributed by atoms with Crippen LogP contribution in [0.4, 0.5) is 4.39 Å². The second-order valence-corrected chi connectivity index (χ2v) is 9.51. The van der Waals surface area contributed by atoms with Crippen LogP contribution in [-0.4, -0.2) is 32.5 Å². The van der Waals surface area contributed by atoms with Gasteiger partial charge >= 0.3 is 0 Å². The van der Waals surface area contributed by atoms with Gasteiger partial charge in [0.1, 0.15) is 5.82 Å². The lowest BCUT2D eigenvalue weighted by atomic mass is 9.97. The van der Waals surface area contributed by atoms with Gasteiger partial charge in [0.2, 0.25) is 5.91 Å². The van der Waals surface area contributed by atoms with E-state index in [1.807, 2.05) is 11.5 Å². The third-order valence-electron chi connectivity index (χ3n) is 5.16. The Morgan fingerprint density at radius 3 is 2.73 bits per heavy atom. The Labute approximate surface area is 182 Å². The van der Waals surface area contributed by atoms with E-state index in [0.717, 1.165) is 19.3 Å². The third kappa shape index (κ3) is 5.94. The van der Waals surface area contributed by atoms with Crippen molar-refractivity contribution in [1.29, 1.82) is 0 Å². The van der Waals surface area contributed by atoms with E-state index in [1.165, 1.54) is 36.2 Å². The van der Waals surface area contributed by atoms with E-state index in [0.29, 0.717) is 35.6 Å². The van der Waals surface area contributed by atoms with Gasteiger partial charge < -0.3 is 9.88 Å². The first kappa shape index (κ1) is 22.5. The monoisotopic (exact) mass is 430 g/mol. The average molecular weight is 431 g/mol. The first-order chi connectivity index (χ1) is 14.5. The molecule has 0 saturated carbocycles. The van der Waals surface area contributed by atoms with Crippen LogP contribution in [0.2, 0.25) is 0 Å². The summed E-state index contributed by atoms with van der Waals surface area (Å²) >= 11 is 1.37. The predicted octanol–water partition coefficient (Wildman–Crippen LogP) is 5.23. The van der Waals surface area contributed by atoms with Gasteiger partial charge in [-0.05, 0) is 57.1 Å². The quantitative estimate of drug-likeness (QED) is 0.437. The van der Waals surface area contributed by atoms with Crippen molar-refractivity contribution >= 4 is 17.7 Å². The molecule has 7 heteroatoms. The minimum atomic E-state index is -0.325. The molecule has 0 spiro atoms. The van der Waals surface area contributed by atoms with Gasteiger partial charge in [0, 0.05) is 13.1 Å². The van der Waals surface area contributed by atoms with Crippen LogP contribution in [0, 0.1) is 11.7 Å². The highest BCUT2D eigenvalue weighted by Crippen LogP contribution is 2.29. The Morgan fingerprint density at radius 1 is 1.23 bits per heavy atom. The van der Waals surface area contributed by atoms with Gasteiger partial charge in [-0.25, -0.2) is 4.39 Å². The van der Waals surface area contributed by atoms with Crippen molar-refractivity contribution in [3.63, 3.8) is 0 Å². The molecular formula is C23H31FN4OS. The summed E-state index contributed by atoms with van der Waals surface area (Å²) in [5.74, 6) is 0.497. The fourth-order valence-electron chi connectivity index (χ4n) is 3.58. The van der Waals surface area contributed by atoms with Crippen LogP contribution in [0.25, 0.3) is 11.4 Å². The number of carbonyl (C=O) groups is 1. The number of rotatable bonds is 9. The zero-order valence-corrected chi connectivity index (χ0v) is 18.8. The molecular weight excluding hydrogens is 399 g/mol. The van der Waals surface area contributed by atoms with Gasteiger partial charge in [-0.1, -0.05) is 49.4 Å². The molecule has 1 aromatic carbocycles. The summed E-state index contributed by atoms with van der Waals surface area (Å²) in [5, 5.41) is 11.9. The highest BCUT2D eigenvalue weighted by atomic mass is 32.2. The van der Waals surface area contributed by atoms with Gasteiger partial charge in [0.15, 0.2) is 11.0 Å².